The summed E-state index contributed by atoms with van der Waals surface area (Å²) in [6.45, 7) is 4.89. The van der Waals surface area contributed by atoms with Gasteiger partial charge in [-0.2, -0.15) is 0 Å². The molecule has 0 aromatic carbocycles. The molecular formula is C11H16N2O3. The van der Waals surface area contributed by atoms with E-state index in [4.69, 9.17) is 5.11 Å². The predicted octanol–water partition coefficient (Wildman–Crippen LogP) is 0.184. The number of pyridine rings is 1. The second-order valence-corrected chi connectivity index (χ2v) is 4.38. The highest BCUT2D eigenvalue weighted by atomic mass is 16.3. The minimum atomic E-state index is -0.742. The average Bonchev–Trinajstić information content (AvgIpc) is 2.16. The van der Waals surface area contributed by atoms with E-state index in [0.29, 0.717) is 5.69 Å². The fraction of sp³-hybridized carbons (Fsp3) is 0.455. The maximum atomic E-state index is 11.7. The summed E-state index contributed by atoms with van der Waals surface area (Å²) in [4.78, 5) is 25.7. The third kappa shape index (κ3) is 2.93. The maximum Gasteiger partial charge on any atom is 0.260 e. The van der Waals surface area contributed by atoms with E-state index in [1.807, 2.05) is 0 Å². The van der Waals surface area contributed by atoms with Crippen LogP contribution in [0, 0.1) is 6.92 Å². The average molecular weight is 224 g/mol. The van der Waals surface area contributed by atoms with Gasteiger partial charge in [-0.3, -0.25) is 9.59 Å². The largest absolute Gasteiger partial charge is 0.394 e. The van der Waals surface area contributed by atoms with Gasteiger partial charge in [-0.15, -0.1) is 0 Å². The summed E-state index contributed by atoms with van der Waals surface area (Å²) in [5.74, 6) is -0.486. The van der Waals surface area contributed by atoms with Crippen molar-refractivity contribution < 1.29 is 9.90 Å². The highest BCUT2D eigenvalue weighted by molar-refractivity contribution is 5.94. The van der Waals surface area contributed by atoms with Crippen LogP contribution in [-0.4, -0.2) is 28.1 Å². The molecule has 0 saturated carbocycles. The number of hydrogen-bond donors (Lipinski definition) is 3. The molecule has 0 unspecified atom stereocenters. The Bertz CT molecular complexity index is 449. The van der Waals surface area contributed by atoms with E-state index in [2.05, 4.69) is 10.3 Å². The first-order chi connectivity index (χ1) is 7.35. The van der Waals surface area contributed by atoms with Crippen LogP contribution in [0.4, 0.5) is 0 Å². The summed E-state index contributed by atoms with van der Waals surface area (Å²) in [6, 6.07) is 3.12. The van der Waals surface area contributed by atoms with Crippen molar-refractivity contribution in [1.29, 1.82) is 0 Å². The summed E-state index contributed by atoms with van der Waals surface area (Å²) in [5, 5.41) is 11.6. The molecule has 0 aliphatic carbocycles. The number of hydrogen-bond acceptors (Lipinski definition) is 3. The minimum Gasteiger partial charge on any atom is -0.394 e. The van der Waals surface area contributed by atoms with Crippen LogP contribution in [0.3, 0.4) is 0 Å². The summed E-state index contributed by atoms with van der Waals surface area (Å²) in [5.41, 5.74) is -0.421. The Balaban J connectivity index is 2.94. The first-order valence-corrected chi connectivity index (χ1v) is 4.99. The number of H-pyrrole nitrogens is 1. The quantitative estimate of drug-likeness (QED) is 0.685. The summed E-state index contributed by atoms with van der Waals surface area (Å²) in [6.07, 6.45) is 0. The number of carbonyl (C=O) groups excluding carboxylic acids is 1. The second kappa shape index (κ2) is 4.49. The number of aliphatic hydroxyl groups is 1. The lowest BCUT2D eigenvalue weighted by molar-refractivity contribution is 0.0868. The Labute approximate surface area is 93.5 Å². The molecule has 5 nitrogen and oxygen atoms in total. The van der Waals surface area contributed by atoms with Crippen LogP contribution in [-0.2, 0) is 0 Å². The molecule has 0 fully saturated rings. The Morgan fingerprint density at radius 2 is 2.12 bits per heavy atom. The molecule has 88 valence electrons. The van der Waals surface area contributed by atoms with Gasteiger partial charge in [-0.05, 0) is 32.9 Å². The Hall–Kier alpha value is -1.62. The normalized spacial score (nSPS) is 11.2. The standard InChI is InChI=1S/C11H16N2O3/c1-7-4-5-8(9(15)12-7)10(16)13-11(2,3)6-14/h4-5,14H,6H2,1-3H3,(H,12,15)(H,13,16). The van der Waals surface area contributed by atoms with Gasteiger partial charge >= 0.3 is 0 Å². The van der Waals surface area contributed by atoms with Crippen molar-refractivity contribution in [1.82, 2.24) is 10.3 Å². The molecular weight excluding hydrogens is 208 g/mol. The number of aryl methyl sites for hydroxylation is 1. The van der Waals surface area contributed by atoms with Gasteiger partial charge in [0.15, 0.2) is 0 Å². The van der Waals surface area contributed by atoms with Crippen molar-refractivity contribution in [3.8, 4) is 0 Å². The van der Waals surface area contributed by atoms with E-state index < -0.39 is 17.0 Å². The maximum absolute atomic E-state index is 11.7. The molecule has 0 aliphatic rings. The van der Waals surface area contributed by atoms with Crippen LogP contribution in [0.5, 0.6) is 0 Å². The van der Waals surface area contributed by atoms with E-state index in [1.54, 1.807) is 26.8 Å². The van der Waals surface area contributed by atoms with Crippen LogP contribution in [0.1, 0.15) is 29.9 Å². The molecule has 0 atom stereocenters. The number of amides is 1. The van der Waals surface area contributed by atoms with Crippen LogP contribution in [0.2, 0.25) is 0 Å². The lowest BCUT2D eigenvalue weighted by Crippen LogP contribution is -2.47. The molecule has 1 aromatic rings. The van der Waals surface area contributed by atoms with Crippen molar-refractivity contribution in [2.24, 2.45) is 0 Å². The fourth-order valence-corrected chi connectivity index (χ4v) is 1.17. The van der Waals surface area contributed by atoms with Crippen molar-refractivity contribution in [3.63, 3.8) is 0 Å². The van der Waals surface area contributed by atoms with Crippen LogP contribution in [0.25, 0.3) is 0 Å². The van der Waals surface area contributed by atoms with Crippen molar-refractivity contribution >= 4 is 5.91 Å². The van der Waals surface area contributed by atoms with Crippen molar-refractivity contribution in [2.75, 3.05) is 6.61 Å². The highest BCUT2D eigenvalue weighted by Crippen LogP contribution is 2.02. The number of carbonyl (C=O) groups is 1. The van der Waals surface area contributed by atoms with Gasteiger partial charge in [0.25, 0.3) is 11.5 Å². The van der Waals surface area contributed by atoms with Gasteiger partial charge in [-0.25, -0.2) is 0 Å². The van der Waals surface area contributed by atoms with Crippen molar-refractivity contribution in [2.45, 2.75) is 26.3 Å². The zero-order valence-corrected chi connectivity index (χ0v) is 9.63. The smallest absolute Gasteiger partial charge is 0.260 e. The molecule has 0 saturated heterocycles. The molecule has 16 heavy (non-hydrogen) atoms. The molecule has 0 aliphatic heterocycles. The summed E-state index contributed by atoms with van der Waals surface area (Å²) >= 11 is 0. The molecule has 0 radical (unpaired) electrons. The lowest BCUT2D eigenvalue weighted by atomic mass is 10.1. The number of aromatic amines is 1. The predicted molar refractivity (Wildman–Crippen MR) is 60.4 cm³/mol. The molecule has 0 bridgehead atoms. The van der Waals surface area contributed by atoms with Gasteiger partial charge in [0.2, 0.25) is 0 Å². The van der Waals surface area contributed by atoms with Gasteiger partial charge in [0.05, 0.1) is 12.1 Å². The SMILES string of the molecule is Cc1ccc(C(=O)NC(C)(C)CO)c(=O)[nH]1. The highest BCUT2D eigenvalue weighted by Gasteiger charge is 2.21. The lowest BCUT2D eigenvalue weighted by Gasteiger charge is -2.23. The molecule has 1 amide bonds. The Morgan fingerprint density at radius 3 is 2.62 bits per heavy atom. The van der Waals surface area contributed by atoms with Gasteiger partial charge in [0.1, 0.15) is 5.56 Å². The molecule has 0 spiro atoms. The molecule has 1 rings (SSSR count). The molecule has 1 heterocycles. The summed E-state index contributed by atoms with van der Waals surface area (Å²) in [7, 11) is 0. The fourth-order valence-electron chi connectivity index (χ4n) is 1.17. The van der Waals surface area contributed by atoms with Crippen molar-refractivity contribution in [3.05, 3.63) is 33.7 Å². The van der Waals surface area contributed by atoms with Crippen LogP contribution < -0.4 is 10.9 Å². The van der Waals surface area contributed by atoms with E-state index in [-0.39, 0.29) is 12.2 Å². The number of aliphatic hydroxyl groups excluding tert-OH is 1. The zero-order valence-electron chi connectivity index (χ0n) is 9.63. The van der Waals surface area contributed by atoms with E-state index in [1.165, 1.54) is 6.07 Å². The minimum absolute atomic E-state index is 0.0483. The summed E-state index contributed by atoms with van der Waals surface area (Å²) < 4.78 is 0. The monoisotopic (exact) mass is 224 g/mol. The Morgan fingerprint density at radius 1 is 1.50 bits per heavy atom. The third-order valence-electron chi connectivity index (χ3n) is 2.15. The molecule has 1 aromatic heterocycles. The molecule has 5 heteroatoms. The number of nitrogens with one attached hydrogen (secondary N) is 2. The van der Waals surface area contributed by atoms with Gasteiger partial charge in [0, 0.05) is 5.69 Å². The first kappa shape index (κ1) is 12.4. The third-order valence-corrected chi connectivity index (χ3v) is 2.15. The zero-order chi connectivity index (χ0) is 12.3. The van der Waals surface area contributed by atoms with E-state index in [9.17, 15) is 9.59 Å². The van der Waals surface area contributed by atoms with E-state index in [0.717, 1.165) is 0 Å². The second-order valence-electron chi connectivity index (χ2n) is 4.38. The number of aromatic nitrogens is 1. The van der Waals surface area contributed by atoms with Crippen LogP contribution in [0.15, 0.2) is 16.9 Å². The first-order valence-electron chi connectivity index (χ1n) is 4.99. The van der Waals surface area contributed by atoms with Gasteiger partial charge in [-0.1, -0.05) is 0 Å². The van der Waals surface area contributed by atoms with Crippen LogP contribution >= 0.6 is 0 Å². The topological polar surface area (TPSA) is 82.2 Å². The Kier molecular flexibility index (Phi) is 3.49. The molecule has 3 N–H and O–H groups in total. The van der Waals surface area contributed by atoms with Gasteiger partial charge < -0.3 is 15.4 Å². The van der Waals surface area contributed by atoms with E-state index >= 15 is 0 Å². The number of rotatable bonds is 3.